The fraction of sp³-hybridized carbons (Fsp3) is 0.438. The second-order valence-electron chi connectivity index (χ2n) is 5.20. The summed E-state index contributed by atoms with van der Waals surface area (Å²) < 4.78 is 1.84. The van der Waals surface area contributed by atoms with E-state index in [1.54, 1.807) is 0 Å². The lowest BCUT2D eigenvalue weighted by molar-refractivity contribution is 0.515. The van der Waals surface area contributed by atoms with Crippen LogP contribution in [-0.2, 0) is 13.5 Å². The number of aromatic nitrogens is 2. The highest BCUT2D eigenvalue weighted by Crippen LogP contribution is 2.27. The Hall–Kier alpha value is -1.32. The summed E-state index contributed by atoms with van der Waals surface area (Å²) in [5.74, 6) is 0. The van der Waals surface area contributed by atoms with E-state index in [2.05, 4.69) is 42.6 Å². The summed E-state index contributed by atoms with van der Waals surface area (Å²) >= 11 is 6.39. The van der Waals surface area contributed by atoms with E-state index in [1.807, 2.05) is 24.0 Å². The van der Waals surface area contributed by atoms with E-state index in [0.29, 0.717) is 0 Å². The molecule has 1 N–H and O–H groups in total. The van der Waals surface area contributed by atoms with E-state index in [1.165, 1.54) is 16.7 Å². The standard InChI is InChI=1S/C16H22ClN3/c1-4-18-16(8-6-13-10-19-20(3)11-13)14-7-5-12(2)9-15(14)17/h5,7,9-11,16,18H,4,6,8H2,1-3H3. The quantitative estimate of drug-likeness (QED) is 0.880. The maximum atomic E-state index is 6.39. The topological polar surface area (TPSA) is 29.9 Å². The van der Waals surface area contributed by atoms with Gasteiger partial charge in [-0.2, -0.15) is 5.10 Å². The summed E-state index contributed by atoms with van der Waals surface area (Å²) in [6.07, 6.45) is 6.01. The van der Waals surface area contributed by atoms with Crippen LogP contribution in [0, 0.1) is 6.92 Å². The van der Waals surface area contributed by atoms with E-state index in [0.717, 1.165) is 24.4 Å². The molecule has 1 atom stereocenters. The van der Waals surface area contributed by atoms with Crippen LogP contribution >= 0.6 is 11.6 Å². The van der Waals surface area contributed by atoms with Crippen molar-refractivity contribution in [2.75, 3.05) is 6.54 Å². The monoisotopic (exact) mass is 291 g/mol. The molecule has 0 fully saturated rings. The minimum Gasteiger partial charge on any atom is -0.310 e. The van der Waals surface area contributed by atoms with Crippen LogP contribution in [0.3, 0.4) is 0 Å². The minimum absolute atomic E-state index is 0.285. The van der Waals surface area contributed by atoms with Crippen molar-refractivity contribution >= 4 is 11.6 Å². The van der Waals surface area contributed by atoms with Gasteiger partial charge in [-0.25, -0.2) is 0 Å². The predicted octanol–water partition coefficient (Wildman–Crippen LogP) is 3.67. The lowest BCUT2D eigenvalue weighted by Gasteiger charge is -2.19. The molecule has 0 spiro atoms. The normalized spacial score (nSPS) is 12.6. The SMILES string of the molecule is CCNC(CCc1cnn(C)c1)c1ccc(C)cc1Cl. The highest BCUT2D eigenvalue weighted by Gasteiger charge is 2.14. The van der Waals surface area contributed by atoms with Crippen molar-refractivity contribution in [1.29, 1.82) is 0 Å². The third-order valence-corrected chi connectivity index (χ3v) is 3.79. The summed E-state index contributed by atoms with van der Waals surface area (Å²) in [5.41, 5.74) is 3.64. The largest absolute Gasteiger partial charge is 0.310 e. The van der Waals surface area contributed by atoms with Gasteiger partial charge in [0, 0.05) is 24.3 Å². The van der Waals surface area contributed by atoms with Crippen LogP contribution in [-0.4, -0.2) is 16.3 Å². The molecule has 1 aromatic carbocycles. The summed E-state index contributed by atoms with van der Waals surface area (Å²) in [7, 11) is 1.95. The Kier molecular flexibility index (Phi) is 5.21. The molecule has 0 saturated carbocycles. The molecule has 0 aliphatic rings. The van der Waals surface area contributed by atoms with Crippen molar-refractivity contribution < 1.29 is 0 Å². The third kappa shape index (κ3) is 3.84. The molecule has 0 bridgehead atoms. The van der Waals surface area contributed by atoms with Gasteiger partial charge in [0.1, 0.15) is 0 Å². The first-order chi connectivity index (χ1) is 9.60. The van der Waals surface area contributed by atoms with Gasteiger partial charge in [0.2, 0.25) is 0 Å². The Bertz CT molecular complexity index is 563. The van der Waals surface area contributed by atoms with Gasteiger partial charge >= 0.3 is 0 Å². The molecular formula is C16H22ClN3. The molecular weight excluding hydrogens is 270 g/mol. The van der Waals surface area contributed by atoms with Crippen molar-refractivity contribution in [3.05, 3.63) is 52.3 Å². The molecule has 0 amide bonds. The molecule has 1 heterocycles. The number of hydrogen-bond donors (Lipinski definition) is 1. The zero-order valence-corrected chi connectivity index (χ0v) is 13.1. The number of benzene rings is 1. The van der Waals surface area contributed by atoms with Crippen molar-refractivity contribution in [1.82, 2.24) is 15.1 Å². The smallest absolute Gasteiger partial charge is 0.0521 e. The highest BCUT2D eigenvalue weighted by atomic mass is 35.5. The zero-order chi connectivity index (χ0) is 14.5. The summed E-state index contributed by atoms with van der Waals surface area (Å²) in [6.45, 7) is 5.12. The molecule has 4 heteroatoms. The van der Waals surface area contributed by atoms with E-state index >= 15 is 0 Å². The molecule has 0 aliphatic heterocycles. The number of nitrogens with zero attached hydrogens (tertiary/aromatic N) is 2. The lowest BCUT2D eigenvalue weighted by Crippen LogP contribution is -2.21. The van der Waals surface area contributed by atoms with E-state index < -0.39 is 0 Å². The van der Waals surface area contributed by atoms with Crippen LogP contribution in [0.5, 0.6) is 0 Å². The van der Waals surface area contributed by atoms with Gasteiger partial charge in [0.25, 0.3) is 0 Å². The van der Waals surface area contributed by atoms with Crippen LogP contribution in [0.15, 0.2) is 30.6 Å². The molecule has 20 heavy (non-hydrogen) atoms. The molecule has 108 valence electrons. The van der Waals surface area contributed by atoms with Gasteiger partial charge in [-0.15, -0.1) is 0 Å². The predicted molar refractivity (Wildman–Crippen MR) is 84.1 cm³/mol. The average molecular weight is 292 g/mol. The second-order valence-corrected chi connectivity index (χ2v) is 5.60. The molecule has 0 radical (unpaired) electrons. The average Bonchev–Trinajstić information content (AvgIpc) is 2.81. The van der Waals surface area contributed by atoms with Gasteiger partial charge in [0.15, 0.2) is 0 Å². The Balaban J connectivity index is 2.09. The van der Waals surface area contributed by atoms with Crippen molar-refractivity contribution in [3.8, 4) is 0 Å². The highest BCUT2D eigenvalue weighted by molar-refractivity contribution is 6.31. The fourth-order valence-electron chi connectivity index (χ4n) is 2.44. The molecule has 2 rings (SSSR count). The van der Waals surface area contributed by atoms with Gasteiger partial charge in [-0.05, 0) is 49.1 Å². The van der Waals surface area contributed by atoms with E-state index in [-0.39, 0.29) is 6.04 Å². The number of halogens is 1. The molecule has 1 aromatic heterocycles. The zero-order valence-electron chi connectivity index (χ0n) is 12.4. The fourth-order valence-corrected chi connectivity index (χ4v) is 2.81. The summed E-state index contributed by atoms with van der Waals surface area (Å²) in [6, 6.07) is 6.57. The van der Waals surface area contributed by atoms with Crippen LogP contribution in [0.25, 0.3) is 0 Å². The molecule has 3 nitrogen and oxygen atoms in total. The van der Waals surface area contributed by atoms with E-state index in [9.17, 15) is 0 Å². The lowest BCUT2D eigenvalue weighted by atomic mass is 9.99. The first-order valence-electron chi connectivity index (χ1n) is 7.07. The van der Waals surface area contributed by atoms with Crippen molar-refractivity contribution in [3.63, 3.8) is 0 Å². The summed E-state index contributed by atoms with van der Waals surface area (Å²) in [5, 5.41) is 8.59. The number of nitrogens with one attached hydrogen (secondary N) is 1. The van der Waals surface area contributed by atoms with Gasteiger partial charge in [-0.1, -0.05) is 30.7 Å². The van der Waals surface area contributed by atoms with Crippen LogP contribution < -0.4 is 5.32 Å². The number of rotatable bonds is 6. The Morgan fingerprint density at radius 2 is 2.20 bits per heavy atom. The molecule has 1 unspecified atom stereocenters. The maximum absolute atomic E-state index is 6.39. The minimum atomic E-state index is 0.285. The summed E-state index contributed by atoms with van der Waals surface area (Å²) in [4.78, 5) is 0. The number of hydrogen-bond acceptors (Lipinski definition) is 2. The Labute approximate surface area is 126 Å². The molecule has 2 aromatic rings. The third-order valence-electron chi connectivity index (χ3n) is 3.46. The Morgan fingerprint density at radius 1 is 1.40 bits per heavy atom. The van der Waals surface area contributed by atoms with Crippen molar-refractivity contribution in [2.24, 2.45) is 7.05 Å². The maximum Gasteiger partial charge on any atom is 0.0521 e. The molecule has 0 saturated heterocycles. The first-order valence-corrected chi connectivity index (χ1v) is 7.45. The van der Waals surface area contributed by atoms with Gasteiger partial charge in [0.05, 0.1) is 6.20 Å². The Morgan fingerprint density at radius 3 is 2.80 bits per heavy atom. The van der Waals surface area contributed by atoms with Crippen LogP contribution in [0.1, 0.15) is 36.1 Å². The van der Waals surface area contributed by atoms with Gasteiger partial charge in [-0.3, -0.25) is 4.68 Å². The van der Waals surface area contributed by atoms with Crippen LogP contribution in [0.2, 0.25) is 5.02 Å². The second kappa shape index (κ2) is 6.91. The molecule has 0 aliphatic carbocycles. The van der Waals surface area contributed by atoms with E-state index in [4.69, 9.17) is 11.6 Å². The van der Waals surface area contributed by atoms with Gasteiger partial charge < -0.3 is 5.32 Å². The first kappa shape index (κ1) is 15.1. The van der Waals surface area contributed by atoms with Crippen LogP contribution in [0.4, 0.5) is 0 Å². The van der Waals surface area contributed by atoms with Crippen molar-refractivity contribution in [2.45, 2.75) is 32.7 Å². The number of aryl methyl sites for hydroxylation is 3.